The first-order chi connectivity index (χ1) is 8.69. The fourth-order valence-corrected chi connectivity index (χ4v) is 2.20. The van der Waals surface area contributed by atoms with Crippen LogP contribution in [0.1, 0.15) is 17.9 Å². The third kappa shape index (κ3) is 2.14. The Morgan fingerprint density at radius 3 is 2.33 bits per heavy atom. The summed E-state index contributed by atoms with van der Waals surface area (Å²) in [6.45, 7) is -0.842. The van der Waals surface area contributed by atoms with E-state index in [2.05, 4.69) is 0 Å². The normalized spacial score (nSPS) is 19.9. The number of benzene rings is 1. The van der Waals surface area contributed by atoms with Crippen molar-refractivity contribution in [3.63, 3.8) is 0 Å². The predicted molar refractivity (Wildman–Crippen MR) is 63.6 cm³/mol. The lowest BCUT2D eigenvalue weighted by atomic mass is 9.98. The van der Waals surface area contributed by atoms with Crippen molar-refractivity contribution in [3.8, 4) is 0 Å². The molecule has 2 rings (SSSR count). The number of aliphatic hydroxyl groups excluding tert-OH is 2. The molecule has 0 aromatic heterocycles. The lowest BCUT2D eigenvalue weighted by molar-refractivity contribution is -0.143. The highest BCUT2D eigenvalue weighted by molar-refractivity contribution is 6.06. The van der Waals surface area contributed by atoms with Crippen molar-refractivity contribution in [2.24, 2.45) is 0 Å². The molecule has 1 aliphatic heterocycles. The number of nitrogens with zero attached hydrogens (tertiary/aromatic N) is 1. The van der Waals surface area contributed by atoms with Crippen LogP contribution in [0, 0.1) is 0 Å². The van der Waals surface area contributed by atoms with E-state index >= 15 is 0 Å². The van der Waals surface area contributed by atoms with E-state index in [4.69, 9.17) is 10.2 Å². The maximum absolute atomic E-state index is 12.2. The van der Waals surface area contributed by atoms with Crippen LogP contribution in [0.2, 0.25) is 0 Å². The average Bonchev–Trinajstić information content (AvgIpc) is 2.69. The Balaban J connectivity index is 2.24. The molecule has 0 aliphatic carbocycles. The van der Waals surface area contributed by atoms with Gasteiger partial charge in [0, 0.05) is 6.42 Å². The van der Waals surface area contributed by atoms with E-state index in [-0.39, 0.29) is 18.2 Å². The molecule has 1 aliphatic rings. The molecular formula is C13H15NO4. The average molecular weight is 249 g/mol. The molecule has 1 aromatic carbocycles. The number of imide groups is 1. The van der Waals surface area contributed by atoms with E-state index in [1.165, 1.54) is 0 Å². The van der Waals surface area contributed by atoms with Crippen molar-refractivity contribution in [1.29, 1.82) is 0 Å². The van der Waals surface area contributed by atoms with Crippen LogP contribution in [0.15, 0.2) is 30.3 Å². The van der Waals surface area contributed by atoms with Crippen molar-refractivity contribution in [1.82, 2.24) is 4.90 Å². The van der Waals surface area contributed by atoms with E-state index < -0.39 is 25.2 Å². The molecule has 18 heavy (non-hydrogen) atoms. The minimum absolute atomic E-state index is 0.0966. The Kier molecular flexibility index (Phi) is 3.74. The first kappa shape index (κ1) is 12.7. The van der Waals surface area contributed by atoms with E-state index in [9.17, 15) is 9.59 Å². The monoisotopic (exact) mass is 249 g/mol. The Morgan fingerprint density at radius 2 is 1.78 bits per heavy atom. The molecule has 2 amide bonds. The minimum atomic E-state index is -0.835. The van der Waals surface area contributed by atoms with Gasteiger partial charge in [0.25, 0.3) is 0 Å². The van der Waals surface area contributed by atoms with Gasteiger partial charge in [-0.15, -0.1) is 0 Å². The molecule has 96 valence electrons. The first-order valence-corrected chi connectivity index (χ1v) is 5.81. The van der Waals surface area contributed by atoms with Crippen LogP contribution in [-0.2, 0) is 9.59 Å². The van der Waals surface area contributed by atoms with Gasteiger partial charge in [-0.1, -0.05) is 30.3 Å². The molecule has 1 heterocycles. The summed E-state index contributed by atoms with van der Waals surface area (Å²) < 4.78 is 0. The van der Waals surface area contributed by atoms with Gasteiger partial charge in [0.15, 0.2) is 0 Å². The minimum Gasteiger partial charge on any atom is -0.394 e. The van der Waals surface area contributed by atoms with Crippen LogP contribution in [0.5, 0.6) is 0 Å². The number of carbonyl (C=O) groups is 2. The highest BCUT2D eigenvalue weighted by atomic mass is 16.3. The van der Waals surface area contributed by atoms with Crippen molar-refractivity contribution in [2.45, 2.75) is 18.4 Å². The van der Waals surface area contributed by atoms with Crippen LogP contribution in [0.3, 0.4) is 0 Å². The molecule has 1 atom stereocenters. The summed E-state index contributed by atoms with van der Waals surface area (Å²) in [5, 5.41) is 18.1. The summed E-state index contributed by atoms with van der Waals surface area (Å²) in [5.41, 5.74) is 0.785. The SMILES string of the molecule is O=C1CC(c2ccccc2)C(=O)N1C(CO)CO. The largest absolute Gasteiger partial charge is 0.394 e. The van der Waals surface area contributed by atoms with Gasteiger partial charge in [-0.05, 0) is 5.56 Å². The Labute approximate surface area is 105 Å². The molecule has 0 saturated carbocycles. The van der Waals surface area contributed by atoms with E-state index in [1.807, 2.05) is 18.2 Å². The Bertz CT molecular complexity index is 442. The fourth-order valence-electron chi connectivity index (χ4n) is 2.20. The second-order valence-electron chi connectivity index (χ2n) is 4.29. The van der Waals surface area contributed by atoms with E-state index in [1.54, 1.807) is 12.1 Å². The van der Waals surface area contributed by atoms with Crippen molar-refractivity contribution in [3.05, 3.63) is 35.9 Å². The maximum atomic E-state index is 12.2. The second kappa shape index (κ2) is 5.29. The number of likely N-dealkylation sites (tertiary alicyclic amines) is 1. The highest BCUT2D eigenvalue weighted by Gasteiger charge is 2.42. The lowest BCUT2D eigenvalue weighted by Gasteiger charge is -2.22. The number of carbonyl (C=O) groups excluding carboxylic acids is 2. The molecule has 1 saturated heterocycles. The summed E-state index contributed by atoms with van der Waals surface area (Å²) in [4.78, 5) is 25.0. The fraction of sp³-hybridized carbons (Fsp3) is 0.385. The van der Waals surface area contributed by atoms with Gasteiger partial charge < -0.3 is 10.2 Å². The van der Waals surface area contributed by atoms with Crippen molar-refractivity contribution >= 4 is 11.8 Å². The van der Waals surface area contributed by atoms with Gasteiger partial charge in [-0.3, -0.25) is 14.5 Å². The standard InChI is InChI=1S/C13H15NO4/c15-7-10(8-16)14-12(17)6-11(13(14)18)9-4-2-1-3-5-9/h1-5,10-11,15-16H,6-8H2. The zero-order chi connectivity index (χ0) is 13.1. The number of rotatable bonds is 4. The second-order valence-corrected chi connectivity index (χ2v) is 4.29. The Morgan fingerprint density at radius 1 is 1.17 bits per heavy atom. The molecule has 1 unspecified atom stereocenters. The van der Waals surface area contributed by atoms with Gasteiger partial charge in [0.05, 0.1) is 25.2 Å². The molecule has 5 heteroatoms. The summed E-state index contributed by atoms with van der Waals surface area (Å²) in [7, 11) is 0. The third-order valence-corrected chi connectivity index (χ3v) is 3.17. The molecule has 0 radical (unpaired) electrons. The lowest BCUT2D eigenvalue weighted by Crippen LogP contribution is -2.44. The van der Waals surface area contributed by atoms with Gasteiger partial charge in [-0.25, -0.2) is 0 Å². The molecule has 1 aromatic rings. The number of hydrogen-bond donors (Lipinski definition) is 2. The van der Waals surface area contributed by atoms with Crippen LogP contribution in [0.4, 0.5) is 0 Å². The van der Waals surface area contributed by atoms with Gasteiger partial charge in [-0.2, -0.15) is 0 Å². The smallest absolute Gasteiger partial charge is 0.237 e. The van der Waals surface area contributed by atoms with Crippen molar-refractivity contribution < 1.29 is 19.8 Å². The summed E-state index contributed by atoms with van der Waals surface area (Å²) in [6.07, 6.45) is 0.0966. The van der Waals surface area contributed by atoms with Gasteiger partial charge in [0.2, 0.25) is 11.8 Å². The van der Waals surface area contributed by atoms with Crippen LogP contribution in [-0.4, -0.2) is 46.2 Å². The topological polar surface area (TPSA) is 77.8 Å². The molecule has 0 spiro atoms. The van der Waals surface area contributed by atoms with E-state index in [0.29, 0.717) is 0 Å². The number of aliphatic hydroxyl groups is 2. The van der Waals surface area contributed by atoms with E-state index in [0.717, 1.165) is 10.5 Å². The van der Waals surface area contributed by atoms with Gasteiger partial charge in [0.1, 0.15) is 0 Å². The highest BCUT2D eigenvalue weighted by Crippen LogP contribution is 2.30. The molecular weight excluding hydrogens is 234 g/mol. The van der Waals surface area contributed by atoms with Crippen LogP contribution in [0.25, 0.3) is 0 Å². The van der Waals surface area contributed by atoms with Crippen LogP contribution < -0.4 is 0 Å². The summed E-state index contributed by atoms with van der Waals surface area (Å²) in [5.74, 6) is -1.19. The number of hydrogen-bond acceptors (Lipinski definition) is 4. The molecule has 1 fully saturated rings. The Hall–Kier alpha value is -1.72. The van der Waals surface area contributed by atoms with Crippen LogP contribution >= 0.6 is 0 Å². The molecule has 5 nitrogen and oxygen atoms in total. The maximum Gasteiger partial charge on any atom is 0.237 e. The number of amides is 2. The molecule has 0 bridgehead atoms. The summed E-state index contributed by atoms with van der Waals surface area (Å²) in [6, 6.07) is 8.22. The third-order valence-electron chi connectivity index (χ3n) is 3.17. The molecule has 2 N–H and O–H groups in total. The zero-order valence-corrected chi connectivity index (χ0v) is 9.82. The van der Waals surface area contributed by atoms with Gasteiger partial charge >= 0.3 is 0 Å². The summed E-state index contributed by atoms with van der Waals surface area (Å²) >= 11 is 0. The first-order valence-electron chi connectivity index (χ1n) is 5.81. The zero-order valence-electron chi connectivity index (χ0n) is 9.82. The van der Waals surface area contributed by atoms with Crippen molar-refractivity contribution in [2.75, 3.05) is 13.2 Å². The predicted octanol–water partition coefficient (Wildman–Crippen LogP) is -0.118. The quantitative estimate of drug-likeness (QED) is 0.729.